The van der Waals surface area contributed by atoms with Crippen molar-refractivity contribution in [3.63, 3.8) is 0 Å². The molecule has 7 amide bonds. The number of phenolic OH excluding ortho intramolecular Hbond substituents is 1. The lowest BCUT2D eigenvalue weighted by Gasteiger charge is -2.30. The van der Waals surface area contributed by atoms with E-state index in [1.165, 1.54) is 48.6 Å². The molecule has 0 aliphatic carbocycles. The molecule has 1 saturated heterocycles. The minimum atomic E-state index is -1.50. The summed E-state index contributed by atoms with van der Waals surface area (Å²) in [6.45, 7) is 4.11. The highest BCUT2D eigenvalue weighted by Gasteiger charge is 2.39. The number of aliphatic carboxylic acids is 2. The van der Waals surface area contributed by atoms with Gasteiger partial charge in [-0.25, -0.2) is 4.98 Å². The van der Waals surface area contributed by atoms with Crippen LogP contribution in [0.5, 0.6) is 5.75 Å². The van der Waals surface area contributed by atoms with Crippen LogP contribution in [0, 0.1) is 5.92 Å². The van der Waals surface area contributed by atoms with E-state index in [-0.39, 0.29) is 56.9 Å². The Labute approximate surface area is 373 Å². The second kappa shape index (κ2) is 25.1. The van der Waals surface area contributed by atoms with E-state index in [4.69, 9.17) is 27.4 Å². The first kappa shape index (κ1) is 52.0. The number of hydrogen-bond donors (Lipinski definition) is 13. The molecule has 16 N–H and O–H groups in total. The van der Waals surface area contributed by atoms with E-state index < -0.39 is 114 Å². The summed E-state index contributed by atoms with van der Waals surface area (Å²) in [6.07, 6.45) is 2.62. The monoisotopic (exact) mass is 913 g/mol. The number of carbonyl (C=O) groups excluding carboxylic acids is 7. The molecular weight excluding hydrogens is 855 g/mol. The van der Waals surface area contributed by atoms with Gasteiger partial charge in [-0.15, -0.1) is 0 Å². The zero-order valence-electron chi connectivity index (χ0n) is 36.2. The number of carboxylic acid groups (broad SMARTS) is 2. The molecular formula is C40H59N13O12. The van der Waals surface area contributed by atoms with Crippen molar-refractivity contribution in [1.82, 2.24) is 46.8 Å². The molecule has 2 heterocycles. The molecule has 0 spiro atoms. The maximum absolute atomic E-state index is 14.0. The molecule has 1 aromatic heterocycles. The molecule has 7 atom stereocenters. The number of H-pyrrole nitrogens is 1. The summed E-state index contributed by atoms with van der Waals surface area (Å²) in [5.74, 6) is -9.13. The van der Waals surface area contributed by atoms with Gasteiger partial charge in [-0.1, -0.05) is 26.0 Å². The third kappa shape index (κ3) is 17.1. The van der Waals surface area contributed by atoms with Crippen molar-refractivity contribution in [3.8, 4) is 5.75 Å². The fourth-order valence-corrected chi connectivity index (χ4v) is 6.74. The zero-order chi connectivity index (χ0) is 48.4. The predicted molar refractivity (Wildman–Crippen MR) is 230 cm³/mol. The van der Waals surface area contributed by atoms with Crippen LogP contribution in [0.4, 0.5) is 0 Å². The summed E-state index contributed by atoms with van der Waals surface area (Å²) in [5, 5.41) is 43.1. The number of aromatic amines is 1. The van der Waals surface area contributed by atoms with Gasteiger partial charge in [-0.2, -0.15) is 0 Å². The normalized spacial score (nSPS) is 16.1. The third-order valence-corrected chi connectivity index (χ3v) is 10.2. The molecule has 0 radical (unpaired) electrons. The van der Waals surface area contributed by atoms with Gasteiger partial charge in [0.25, 0.3) is 0 Å². The van der Waals surface area contributed by atoms with Gasteiger partial charge in [0.1, 0.15) is 48.5 Å². The summed E-state index contributed by atoms with van der Waals surface area (Å²) in [4.78, 5) is 129. The SMILES string of the molecule is CC(NC(=O)[C@H](Cc1ccc(O)cc1)NC(=O)[C@@H](NC(=O)[C@H](CCCN=C(N)N)NC(=O)[C@@H](N)CC(=O)O)C(C)C)C(=O)N[C@@H](Cc1cnc[nH]1)C(=O)N1CCC[C@H]1C(=O)NCC(=O)O. The Morgan fingerprint density at radius 1 is 0.831 bits per heavy atom. The van der Waals surface area contributed by atoms with E-state index >= 15 is 0 Å². The molecule has 65 heavy (non-hydrogen) atoms. The van der Waals surface area contributed by atoms with Crippen molar-refractivity contribution < 1.29 is 58.5 Å². The minimum absolute atomic E-state index is 0.0541. The maximum atomic E-state index is 14.0. The topological polar surface area (TPSA) is 409 Å². The molecule has 1 aliphatic rings. The number of aromatic nitrogens is 2. The Morgan fingerprint density at radius 2 is 1.48 bits per heavy atom. The summed E-state index contributed by atoms with van der Waals surface area (Å²) in [7, 11) is 0. The van der Waals surface area contributed by atoms with Gasteiger partial charge >= 0.3 is 11.9 Å². The van der Waals surface area contributed by atoms with Crippen LogP contribution in [0.2, 0.25) is 0 Å². The second-order valence-corrected chi connectivity index (χ2v) is 15.7. The summed E-state index contributed by atoms with van der Waals surface area (Å²) >= 11 is 0. The van der Waals surface area contributed by atoms with Crippen LogP contribution < -0.4 is 49.1 Å². The molecule has 3 rings (SSSR count). The Kier molecular flexibility index (Phi) is 20.1. The first-order valence-electron chi connectivity index (χ1n) is 20.8. The molecule has 1 unspecified atom stereocenters. The number of guanidine groups is 1. The van der Waals surface area contributed by atoms with Gasteiger partial charge in [-0.05, 0) is 56.2 Å². The van der Waals surface area contributed by atoms with Gasteiger partial charge in [-0.3, -0.25) is 48.1 Å². The quantitative estimate of drug-likeness (QED) is 0.0257. The number of hydrogen-bond acceptors (Lipinski definition) is 13. The number of carboxylic acids is 2. The van der Waals surface area contributed by atoms with E-state index in [0.717, 1.165) is 0 Å². The van der Waals surface area contributed by atoms with Gasteiger partial charge in [0.15, 0.2) is 5.96 Å². The van der Waals surface area contributed by atoms with Crippen molar-refractivity contribution >= 4 is 59.2 Å². The van der Waals surface area contributed by atoms with E-state index in [9.17, 15) is 48.3 Å². The van der Waals surface area contributed by atoms with Crippen LogP contribution in [0.15, 0.2) is 41.8 Å². The Morgan fingerprint density at radius 3 is 2.08 bits per heavy atom. The highest BCUT2D eigenvalue weighted by molar-refractivity contribution is 5.98. The number of benzene rings is 1. The molecule has 25 heteroatoms. The number of aromatic hydroxyl groups is 1. The number of amides is 7. The average molecular weight is 914 g/mol. The number of aliphatic imine (C=N–C) groups is 1. The molecule has 25 nitrogen and oxygen atoms in total. The molecule has 1 aromatic carbocycles. The second-order valence-electron chi connectivity index (χ2n) is 15.7. The highest BCUT2D eigenvalue weighted by Crippen LogP contribution is 2.20. The number of nitrogens with zero attached hydrogens (tertiary/aromatic N) is 3. The van der Waals surface area contributed by atoms with Crippen LogP contribution in [-0.2, 0) is 56.0 Å². The van der Waals surface area contributed by atoms with Gasteiger partial charge in [0.05, 0.1) is 18.8 Å². The number of phenols is 1. The molecule has 0 bridgehead atoms. The summed E-state index contributed by atoms with van der Waals surface area (Å²) in [6, 6.07) is -3.41. The lowest BCUT2D eigenvalue weighted by atomic mass is 9.99. The van der Waals surface area contributed by atoms with Crippen molar-refractivity contribution in [2.75, 3.05) is 19.6 Å². The van der Waals surface area contributed by atoms with Gasteiger partial charge in [0.2, 0.25) is 41.4 Å². The lowest BCUT2D eigenvalue weighted by molar-refractivity contribution is -0.143. The van der Waals surface area contributed by atoms with Crippen molar-refractivity contribution in [3.05, 3.63) is 48.0 Å². The van der Waals surface area contributed by atoms with Crippen molar-refractivity contribution in [2.45, 2.75) is 108 Å². The van der Waals surface area contributed by atoms with Crippen LogP contribution in [0.3, 0.4) is 0 Å². The zero-order valence-corrected chi connectivity index (χ0v) is 36.2. The maximum Gasteiger partial charge on any atom is 0.322 e. The van der Waals surface area contributed by atoms with E-state index in [1.807, 2.05) is 0 Å². The first-order chi connectivity index (χ1) is 30.7. The lowest BCUT2D eigenvalue weighted by Crippen LogP contribution is -2.60. The van der Waals surface area contributed by atoms with E-state index in [2.05, 4.69) is 46.9 Å². The minimum Gasteiger partial charge on any atom is -0.508 e. The van der Waals surface area contributed by atoms with Crippen molar-refractivity contribution in [1.29, 1.82) is 0 Å². The predicted octanol–water partition coefficient (Wildman–Crippen LogP) is -3.95. The smallest absolute Gasteiger partial charge is 0.322 e. The molecule has 2 aromatic rings. The Hall–Kier alpha value is -7.31. The van der Waals surface area contributed by atoms with Crippen LogP contribution in [0.25, 0.3) is 0 Å². The van der Waals surface area contributed by atoms with Crippen LogP contribution in [-0.4, -0.2) is 151 Å². The summed E-state index contributed by atoms with van der Waals surface area (Å²) in [5.41, 5.74) is 17.4. The van der Waals surface area contributed by atoms with E-state index in [1.54, 1.807) is 13.8 Å². The number of imidazole rings is 1. The number of likely N-dealkylation sites (tertiary alicyclic amines) is 1. The standard InChI is InChI=1S/C40H59N13O12/c1-20(2)32(52-35(61)26(6-4-12-45-40(42)43)49-34(60)25(41)16-30(55)56)38(64)50-27(14-22-8-10-24(54)11-9-22)36(62)48-21(3)33(59)51-28(15-23-17-44-19-47-23)39(65)53-13-5-7-29(53)37(63)46-18-31(57)58/h8-11,17,19-21,25-29,32,54H,4-7,12-16,18,41H2,1-3H3,(H,44,47)(H,46,63)(H,48,62)(H,49,60)(H,50,64)(H,51,59)(H,52,61)(H,55,56)(H,57,58)(H4,42,43,45)/t21?,25-,26-,27-,28-,29-,32-/m0/s1. The van der Waals surface area contributed by atoms with Gasteiger partial charge in [0, 0.05) is 37.8 Å². The molecule has 356 valence electrons. The first-order valence-corrected chi connectivity index (χ1v) is 20.8. The molecule has 1 aliphatic heterocycles. The number of nitrogens with two attached hydrogens (primary N) is 3. The summed E-state index contributed by atoms with van der Waals surface area (Å²) < 4.78 is 0. The highest BCUT2D eigenvalue weighted by atomic mass is 16.4. The largest absolute Gasteiger partial charge is 0.508 e. The fourth-order valence-electron chi connectivity index (χ4n) is 6.74. The Bertz CT molecular complexity index is 2030. The average Bonchev–Trinajstić information content (AvgIpc) is 3.95. The number of rotatable bonds is 25. The number of nitrogens with one attached hydrogen (secondary N) is 7. The third-order valence-electron chi connectivity index (χ3n) is 10.2. The van der Waals surface area contributed by atoms with E-state index in [0.29, 0.717) is 17.7 Å². The Balaban J connectivity index is 1.83. The fraction of sp³-hybridized carbons (Fsp3) is 0.525. The molecule has 0 saturated carbocycles. The van der Waals surface area contributed by atoms with Crippen molar-refractivity contribution in [2.24, 2.45) is 28.1 Å². The van der Waals surface area contributed by atoms with Crippen LogP contribution >= 0.6 is 0 Å². The van der Waals surface area contributed by atoms with Gasteiger partial charge < -0.3 is 74.3 Å². The molecule has 1 fully saturated rings. The number of carbonyl (C=O) groups is 9. The van der Waals surface area contributed by atoms with Crippen LogP contribution in [0.1, 0.15) is 64.1 Å².